The van der Waals surface area contributed by atoms with Crippen LogP contribution in [0, 0.1) is 5.82 Å². The zero-order valence-corrected chi connectivity index (χ0v) is 18.9. The monoisotopic (exact) mass is 498 g/mol. The number of carbonyl (C=O) groups excluding carboxylic acids is 1. The van der Waals surface area contributed by atoms with Crippen LogP contribution in [0.3, 0.4) is 0 Å². The summed E-state index contributed by atoms with van der Waals surface area (Å²) in [6.07, 6.45) is -1.73. The number of fused-ring (bicyclic) bond motifs is 1. The summed E-state index contributed by atoms with van der Waals surface area (Å²) in [6.45, 7) is 0. The lowest BCUT2D eigenvalue weighted by atomic mass is 9.97. The number of amides is 1. The van der Waals surface area contributed by atoms with Gasteiger partial charge in [-0.05, 0) is 59.2 Å². The molecule has 0 fully saturated rings. The summed E-state index contributed by atoms with van der Waals surface area (Å²) < 4.78 is 14.2. The number of aliphatic carboxylic acids is 1. The standard InChI is InChI=1S/C24H20ClFN4O5/c25-16-6-7-19(26)18(11-16)14-3-1-13(2-4-14)9-17(12-22(31)24(33)34)27-23(32)15-5-8-20-21(10-15)30(35)29-28-20/h1-8,10-11,17,22,31,35H,9,12H2,(H,27,32)(H,33,34). The van der Waals surface area contributed by atoms with Crippen LogP contribution in [0.25, 0.3) is 22.2 Å². The maximum atomic E-state index is 14.2. The SMILES string of the molecule is O=C(NC(Cc1ccc(-c2cc(Cl)ccc2F)cc1)CC(O)C(=O)O)c1ccc2nnn(O)c2c1. The second kappa shape index (κ2) is 10.1. The van der Waals surface area contributed by atoms with Crippen molar-refractivity contribution in [3.8, 4) is 11.1 Å². The molecule has 3 aromatic carbocycles. The number of carboxylic acids is 1. The maximum absolute atomic E-state index is 14.2. The number of halogens is 2. The average molecular weight is 499 g/mol. The van der Waals surface area contributed by atoms with E-state index in [1.54, 1.807) is 24.3 Å². The van der Waals surface area contributed by atoms with Crippen LogP contribution in [0.1, 0.15) is 22.3 Å². The molecule has 0 saturated carbocycles. The molecule has 1 heterocycles. The molecule has 0 aliphatic rings. The first kappa shape index (κ1) is 24.1. The second-order valence-electron chi connectivity index (χ2n) is 7.97. The zero-order chi connectivity index (χ0) is 25.1. The third kappa shape index (κ3) is 5.56. The highest BCUT2D eigenvalue weighted by molar-refractivity contribution is 6.30. The van der Waals surface area contributed by atoms with Gasteiger partial charge in [-0.1, -0.05) is 40.7 Å². The summed E-state index contributed by atoms with van der Waals surface area (Å²) in [4.78, 5) is 24.6. The summed E-state index contributed by atoms with van der Waals surface area (Å²) in [5, 5.41) is 39.1. The first-order valence-corrected chi connectivity index (χ1v) is 10.9. The molecule has 4 aromatic rings. The Morgan fingerprint density at radius 3 is 2.54 bits per heavy atom. The number of carboxylic acid groups (broad SMARTS) is 1. The van der Waals surface area contributed by atoms with E-state index >= 15 is 0 Å². The highest BCUT2D eigenvalue weighted by Gasteiger charge is 2.23. The number of hydrogen-bond donors (Lipinski definition) is 4. The van der Waals surface area contributed by atoms with E-state index in [1.807, 2.05) is 0 Å². The molecule has 0 saturated heterocycles. The maximum Gasteiger partial charge on any atom is 0.332 e. The number of nitrogens with zero attached hydrogens (tertiary/aromatic N) is 3. The molecule has 4 N–H and O–H groups in total. The third-order valence-corrected chi connectivity index (χ3v) is 5.73. The fourth-order valence-electron chi connectivity index (χ4n) is 3.70. The number of benzene rings is 3. The van der Waals surface area contributed by atoms with E-state index in [0.29, 0.717) is 26.5 Å². The van der Waals surface area contributed by atoms with Gasteiger partial charge in [-0.15, -0.1) is 5.10 Å². The number of nitrogens with one attached hydrogen (secondary N) is 1. The lowest BCUT2D eigenvalue weighted by Crippen LogP contribution is -2.40. The van der Waals surface area contributed by atoms with Crippen LogP contribution >= 0.6 is 11.6 Å². The van der Waals surface area contributed by atoms with Gasteiger partial charge < -0.3 is 20.7 Å². The van der Waals surface area contributed by atoms with Crippen molar-refractivity contribution in [3.63, 3.8) is 0 Å². The summed E-state index contributed by atoms with van der Waals surface area (Å²) in [7, 11) is 0. The van der Waals surface area contributed by atoms with E-state index in [0.717, 1.165) is 5.56 Å². The molecule has 9 nitrogen and oxygen atoms in total. The summed E-state index contributed by atoms with van der Waals surface area (Å²) in [6, 6.07) is 14.8. The van der Waals surface area contributed by atoms with Crippen molar-refractivity contribution in [2.75, 3.05) is 0 Å². The van der Waals surface area contributed by atoms with Gasteiger partial charge in [0.05, 0.1) is 0 Å². The van der Waals surface area contributed by atoms with Crippen molar-refractivity contribution in [1.29, 1.82) is 0 Å². The van der Waals surface area contributed by atoms with Gasteiger partial charge in [0.1, 0.15) is 16.9 Å². The van der Waals surface area contributed by atoms with Crippen LogP contribution < -0.4 is 5.32 Å². The summed E-state index contributed by atoms with van der Waals surface area (Å²) in [5.41, 5.74) is 2.47. The minimum atomic E-state index is -1.69. The molecule has 0 radical (unpaired) electrons. The Labute approximate surface area is 203 Å². The Hall–Kier alpha value is -4.02. The van der Waals surface area contributed by atoms with Gasteiger partial charge in [0.15, 0.2) is 6.10 Å². The van der Waals surface area contributed by atoms with E-state index < -0.39 is 29.8 Å². The number of aromatic nitrogens is 3. The van der Waals surface area contributed by atoms with Gasteiger partial charge in [0.2, 0.25) is 0 Å². The molecule has 2 unspecified atom stereocenters. The third-order valence-electron chi connectivity index (χ3n) is 5.49. The van der Waals surface area contributed by atoms with E-state index in [9.17, 15) is 24.3 Å². The van der Waals surface area contributed by atoms with Crippen molar-refractivity contribution in [3.05, 3.63) is 82.6 Å². The largest absolute Gasteiger partial charge is 0.479 e. The minimum Gasteiger partial charge on any atom is -0.479 e. The topological polar surface area (TPSA) is 138 Å². The van der Waals surface area contributed by atoms with E-state index in [1.165, 1.54) is 36.4 Å². The minimum absolute atomic E-state index is 0.191. The average Bonchev–Trinajstić information content (AvgIpc) is 3.21. The van der Waals surface area contributed by atoms with Gasteiger partial charge >= 0.3 is 5.97 Å². The molecular formula is C24H20ClFN4O5. The molecule has 0 aliphatic heterocycles. The molecule has 4 rings (SSSR count). The van der Waals surface area contributed by atoms with Crippen LogP contribution in [-0.2, 0) is 11.2 Å². The molecule has 1 aromatic heterocycles. The van der Waals surface area contributed by atoms with Crippen LogP contribution in [0.5, 0.6) is 0 Å². The molecule has 2 atom stereocenters. The van der Waals surface area contributed by atoms with Gasteiger partial charge in [0.25, 0.3) is 5.91 Å². The first-order valence-electron chi connectivity index (χ1n) is 10.5. The quantitative estimate of drug-likeness (QED) is 0.273. The number of hydrogen-bond acceptors (Lipinski definition) is 6. The summed E-state index contributed by atoms with van der Waals surface area (Å²) in [5.74, 6) is -2.37. The number of rotatable bonds is 8. The molecule has 0 bridgehead atoms. The van der Waals surface area contributed by atoms with E-state index in [4.69, 9.17) is 16.7 Å². The second-order valence-corrected chi connectivity index (χ2v) is 8.40. The van der Waals surface area contributed by atoms with Crippen molar-refractivity contribution >= 4 is 34.5 Å². The van der Waals surface area contributed by atoms with Crippen molar-refractivity contribution in [2.24, 2.45) is 0 Å². The predicted octanol–water partition coefficient (Wildman–Crippen LogP) is 3.30. The lowest BCUT2D eigenvalue weighted by molar-refractivity contribution is -0.147. The van der Waals surface area contributed by atoms with Crippen molar-refractivity contribution < 1.29 is 29.4 Å². The number of carbonyl (C=O) groups is 2. The zero-order valence-electron chi connectivity index (χ0n) is 18.1. The van der Waals surface area contributed by atoms with Gasteiger partial charge in [0, 0.05) is 28.6 Å². The highest BCUT2D eigenvalue weighted by Crippen LogP contribution is 2.26. The molecule has 1 amide bonds. The molecular weight excluding hydrogens is 479 g/mol. The number of aliphatic hydroxyl groups excluding tert-OH is 1. The Balaban J connectivity index is 1.54. The molecule has 0 spiro atoms. The Morgan fingerprint density at radius 1 is 1.09 bits per heavy atom. The normalized spacial score (nSPS) is 12.9. The van der Waals surface area contributed by atoms with Crippen LogP contribution in [0.4, 0.5) is 4.39 Å². The molecule has 35 heavy (non-hydrogen) atoms. The highest BCUT2D eigenvalue weighted by atomic mass is 35.5. The predicted molar refractivity (Wildman–Crippen MR) is 125 cm³/mol. The van der Waals surface area contributed by atoms with E-state index in [2.05, 4.69) is 15.6 Å². The summed E-state index contributed by atoms with van der Waals surface area (Å²) >= 11 is 5.97. The van der Waals surface area contributed by atoms with Gasteiger partial charge in [-0.25, -0.2) is 9.18 Å². The Bertz CT molecular complexity index is 1390. The van der Waals surface area contributed by atoms with Gasteiger partial charge in [-0.3, -0.25) is 4.79 Å². The smallest absolute Gasteiger partial charge is 0.332 e. The van der Waals surface area contributed by atoms with Crippen LogP contribution in [0.2, 0.25) is 5.02 Å². The fraction of sp³-hybridized carbons (Fsp3) is 0.167. The van der Waals surface area contributed by atoms with Crippen molar-refractivity contribution in [1.82, 2.24) is 20.5 Å². The molecule has 11 heteroatoms. The van der Waals surface area contributed by atoms with Crippen LogP contribution in [-0.4, -0.2) is 54.6 Å². The Kier molecular flexibility index (Phi) is 6.94. The number of aliphatic hydroxyl groups is 1. The fourth-order valence-corrected chi connectivity index (χ4v) is 3.88. The molecule has 0 aliphatic carbocycles. The van der Waals surface area contributed by atoms with Crippen LogP contribution in [0.15, 0.2) is 60.7 Å². The van der Waals surface area contributed by atoms with E-state index in [-0.39, 0.29) is 23.9 Å². The van der Waals surface area contributed by atoms with Gasteiger partial charge in [-0.2, -0.15) is 0 Å². The Morgan fingerprint density at radius 2 is 1.83 bits per heavy atom. The molecule has 180 valence electrons. The van der Waals surface area contributed by atoms with Crippen molar-refractivity contribution in [2.45, 2.75) is 25.0 Å². The first-order chi connectivity index (χ1) is 16.7. The lowest BCUT2D eigenvalue weighted by Gasteiger charge is -2.21.